The molecule has 0 fully saturated rings. The van der Waals surface area contributed by atoms with Crippen molar-refractivity contribution in [2.45, 2.75) is 26.2 Å². The van der Waals surface area contributed by atoms with Gasteiger partial charge in [-0.2, -0.15) is 0 Å². The van der Waals surface area contributed by atoms with E-state index in [1.165, 1.54) is 0 Å². The summed E-state index contributed by atoms with van der Waals surface area (Å²) in [5.74, 6) is 0. The normalized spacial score (nSPS) is 11.9. The van der Waals surface area contributed by atoms with E-state index in [0.717, 1.165) is 22.3 Å². The molecule has 0 bridgehead atoms. The van der Waals surface area contributed by atoms with Crippen LogP contribution in [-0.2, 0) is 5.41 Å². The molecule has 4 heteroatoms. The van der Waals surface area contributed by atoms with E-state index >= 15 is 0 Å². The number of rotatable bonds is 1. The third kappa shape index (κ3) is 2.10. The lowest BCUT2D eigenvalue weighted by Crippen LogP contribution is -2.14. The van der Waals surface area contributed by atoms with Crippen LogP contribution in [0.5, 0.6) is 0 Å². The molecule has 0 aliphatic carbocycles. The number of imidazole rings is 1. The third-order valence-corrected chi connectivity index (χ3v) is 3.13. The molecule has 0 amide bonds. The second-order valence-electron chi connectivity index (χ2n) is 5.64. The van der Waals surface area contributed by atoms with Gasteiger partial charge in [0, 0.05) is 28.9 Å². The molecule has 96 valence electrons. The summed E-state index contributed by atoms with van der Waals surface area (Å²) < 4.78 is 1.97. The number of benzene rings is 1. The Morgan fingerprint density at radius 3 is 2.63 bits per heavy atom. The van der Waals surface area contributed by atoms with E-state index in [0.29, 0.717) is 0 Å². The van der Waals surface area contributed by atoms with Crippen LogP contribution < -0.4 is 0 Å². The fourth-order valence-corrected chi connectivity index (χ4v) is 2.22. The molecular formula is C15H16N4. The summed E-state index contributed by atoms with van der Waals surface area (Å²) in [6.07, 6.45) is 7.12. The zero-order chi connectivity index (χ0) is 13.5. The Bertz CT molecular complexity index is 709. The molecule has 0 spiro atoms. The highest BCUT2D eigenvalue weighted by molar-refractivity contribution is 5.83. The topological polar surface area (TPSA) is 43.6 Å². The Labute approximate surface area is 112 Å². The lowest BCUT2D eigenvalue weighted by molar-refractivity contribution is 0.574. The van der Waals surface area contributed by atoms with Gasteiger partial charge in [0.2, 0.25) is 0 Å². The van der Waals surface area contributed by atoms with Crippen molar-refractivity contribution in [2.24, 2.45) is 0 Å². The Kier molecular flexibility index (Phi) is 2.59. The molecule has 0 radical (unpaired) electrons. The smallest absolute Gasteiger partial charge is 0.116 e. The van der Waals surface area contributed by atoms with Gasteiger partial charge in [-0.15, -0.1) is 0 Å². The lowest BCUT2D eigenvalue weighted by Gasteiger charge is -2.19. The first-order valence-corrected chi connectivity index (χ1v) is 6.29. The second kappa shape index (κ2) is 4.16. The van der Waals surface area contributed by atoms with E-state index in [1.54, 1.807) is 18.9 Å². The van der Waals surface area contributed by atoms with Crippen molar-refractivity contribution in [1.29, 1.82) is 0 Å². The van der Waals surface area contributed by atoms with Crippen molar-refractivity contribution in [2.75, 3.05) is 0 Å². The van der Waals surface area contributed by atoms with Crippen LogP contribution in [0, 0.1) is 0 Å². The number of aromatic nitrogens is 4. The Morgan fingerprint density at radius 2 is 1.95 bits per heavy atom. The monoisotopic (exact) mass is 252 g/mol. The van der Waals surface area contributed by atoms with Crippen LogP contribution in [0.15, 0.2) is 43.2 Å². The average molecular weight is 252 g/mol. The molecule has 1 aromatic carbocycles. The molecular weight excluding hydrogens is 236 g/mol. The maximum Gasteiger partial charge on any atom is 0.116 e. The molecule has 0 aliphatic heterocycles. The summed E-state index contributed by atoms with van der Waals surface area (Å²) in [5, 5.41) is 1.11. The predicted octanol–water partition coefficient (Wildman–Crippen LogP) is 3.11. The second-order valence-corrected chi connectivity index (χ2v) is 5.64. The van der Waals surface area contributed by atoms with Crippen molar-refractivity contribution in [1.82, 2.24) is 19.5 Å². The molecule has 0 atom stereocenters. The molecule has 2 aromatic heterocycles. The standard InChI is InChI=1S/C15H16N4/c1-15(2,3)14-12-5-4-11(19-7-6-16-10-19)8-13(12)17-9-18-14/h4-10H,1-3H3. The van der Waals surface area contributed by atoms with Crippen molar-refractivity contribution >= 4 is 10.9 Å². The van der Waals surface area contributed by atoms with E-state index < -0.39 is 0 Å². The van der Waals surface area contributed by atoms with Gasteiger partial charge in [-0.25, -0.2) is 15.0 Å². The molecule has 0 aliphatic rings. The number of hydrogen-bond acceptors (Lipinski definition) is 3. The molecule has 2 heterocycles. The first-order chi connectivity index (χ1) is 9.05. The van der Waals surface area contributed by atoms with Crippen LogP contribution in [0.4, 0.5) is 0 Å². The van der Waals surface area contributed by atoms with Crippen molar-refractivity contribution in [3.05, 3.63) is 48.9 Å². The van der Waals surface area contributed by atoms with E-state index in [4.69, 9.17) is 0 Å². The van der Waals surface area contributed by atoms with Gasteiger partial charge in [-0.05, 0) is 18.2 Å². The number of fused-ring (bicyclic) bond motifs is 1. The SMILES string of the molecule is CC(C)(C)c1ncnc2cc(-n3ccnc3)ccc12. The van der Waals surface area contributed by atoms with Gasteiger partial charge in [-0.3, -0.25) is 0 Å². The number of hydrogen-bond donors (Lipinski definition) is 0. The van der Waals surface area contributed by atoms with Crippen LogP contribution in [0.2, 0.25) is 0 Å². The van der Waals surface area contributed by atoms with Crippen LogP contribution in [0.3, 0.4) is 0 Å². The largest absolute Gasteiger partial charge is 0.306 e. The van der Waals surface area contributed by atoms with Gasteiger partial charge in [-0.1, -0.05) is 20.8 Å². The first kappa shape index (κ1) is 11.8. The molecule has 0 N–H and O–H groups in total. The minimum Gasteiger partial charge on any atom is -0.306 e. The molecule has 19 heavy (non-hydrogen) atoms. The summed E-state index contributed by atoms with van der Waals surface area (Å²) in [5.41, 5.74) is 3.11. The molecule has 0 saturated heterocycles. The van der Waals surface area contributed by atoms with E-state index in [2.05, 4.69) is 53.9 Å². The van der Waals surface area contributed by atoms with Crippen molar-refractivity contribution in [3.8, 4) is 5.69 Å². The highest BCUT2D eigenvalue weighted by Crippen LogP contribution is 2.27. The quantitative estimate of drug-likeness (QED) is 0.668. The Balaban J connectivity index is 2.21. The van der Waals surface area contributed by atoms with Gasteiger partial charge >= 0.3 is 0 Å². The summed E-state index contributed by atoms with van der Waals surface area (Å²) in [6.45, 7) is 6.50. The molecule has 4 nitrogen and oxygen atoms in total. The predicted molar refractivity (Wildman–Crippen MR) is 75.4 cm³/mol. The molecule has 3 rings (SSSR count). The lowest BCUT2D eigenvalue weighted by atomic mass is 9.89. The molecule has 0 unspecified atom stereocenters. The van der Waals surface area contributed by atoms with Crippen LogP contribution in [-0.4, -0.2) is 19.5 Å². The zero-order valence-corrected chi connectivity index (χ0v) is 11.3. The number of nitrogens with zero attached hydrogens (tertiary/aromatic N) is 4. The van der Waals surface area contributed by atoms with Crippen LogP contribution in [0.1, 0.15) is 26.5 Å². The molecule has 3 aromatic rings. The van der Waals surface area contributed by atoms with E-state index in [-0.39, 0.29) is 5.41 Å². The van der Waals surface area contributed by atoms with Crippen molar-refractivity contribution in [3.63, 3.8) is 0 Å². The van der Waals surface area contributed by atoms with E-state index in [1.807, 2.05) is 10.8 Å². The fourth-order valence-electron chi connectivity index (χ4n) is 2.22. The minimum absolute atomic E-state index is 0.0116. The summed E-state index contributed by atoms with van der Waals surface area (Å²) in [7, 11) is 0. The maximum atomic E-state index is 4.44. The van der Waals surface area contributed by atoms with Gasteiger partial charge < -0.3 is 4.57 Å². The first-order valence-electron chi connectivity index (χ1n) is 6.29. The third-order valence-electron chi connectivity index (χ3n) is 3.13. The van der Waals surface area contributed by atoms with Gasteiger partial charge in [0.1, 0.15) is 6.33 Å². The molecule has 0 saturated carbocycles. The Hall–Kier alpha value is -2.23. The van der Waals surface area contributed by atoms with Crippen LogP contribution in [0.25, 0.3) is 16.6 Å². The maximum absolute atomic E-state index is 4.44. The van der Waals surface area contributed by atoms with E-state index in [9.17, 15) is 0 Å². The minimum atomic E-state index is 0.0116. The summed E-state index contributed by atoms with van der Waals surface area (Å²) >= 11 is 0. The van der Waals surface area contributed by atoms with Crippen LogP contribution >= 0.6 is 0 Å². The zero-order valence-electron chi connectivity index (χ0n) is 11.3. The Morgan fingerprint density at radius 1 is 1.11 bits per heavy atom. The fraction of sp³-hybridized carbons (Fsp3) is 0.267. The highest BCUT2D eigenvalue weighted by Gasteiger charge is 2.18. The van der Waals surface area contributed by atoms with Gasteiger partial charge in [0.25, 0.3) is 0 Å². The summed E-state index contributed by atoms with van der Waals surface area (Å²) in [4.78, 5) is 12.9. The summed E-state index contributed by atoms with van der Waals surface area (Å²) in [6, 6.07) is 6.22. The van der Waals surface area contributed by atoms with Gasteiger partial charge in [0.05, 0.1) is 17.5 Å². The average Bonchev–Trinajstić information content (AvgIpc) is 2.90. The van der Waals surface area contributed by atoms with Crippen molar-refractivity contribution < 1.29 is 0 Å². The van der Waals surface area contributed by atoms with Gasteiger partial charge in [0.15, 0.2) is 0 Å². The highest BCUT2D eigenvalue weighted by atomic mass is 15.0.